The second kappa shape index (κ2) is 29.2. The van der Waals surface area contributed by atoms with E-state index in [0.29, 0.717) is 112 Å². The summed E-state index contributed by atoms with van der Waals surface area (Å²) in [4.78, 5) is 33.3. The van der Waals surface area contributed by atoms with Crippen molar-refractivity contribution in [2.45, 2.75) is 25.9 Å². The standard InChI is InChI=1S/C29H48N2O12/c32-27(7-8-28(33)34)30-9-4-11-36-13-15-38-17-19-40-21-23-42-24-22-41-20-18-39-16-14-37-12-10-31-29(35)43-25-26-5-2-1-3-6-26/h1-3,5-6H,4,7-25H2,(H,30,32)(H,31,35)(H,33,34). The molecule has 1 aromatic carbocycles. The molecule has 0 atom stereocenters. The van der Waals surface area contributed by atoms with E-state index in [9.17, 15) is 14.4 Å². The minimum Gasteiger partial charge on any atom is -0.481 e. The number of carbonyl (C=O) groups excluding carboxylic acids is 2. The van der Waals surface area contributed by atoms with E-state index in [4.69, 9.17) is 43.0 Å². The fraction of sp³-hybridized carbons (Fsp3) is 0.690. The summed E-state index contributed by atoms with van der Waals surface area (Å²) in [6, 6.07) is 9.47. The van der Waals surface area contributed by atoms with Crippen molar-refractivity contribution in [3.05, 3.63) is 35.9 Å². The number of rotatable bonds is 30. The molecule has 0 fully saturated rings. The van der Waals surface area contributed by atoms with E-state index in [2.05, 4.69) is 10.6 Å². The predicted molar refractivity (Wildman–Crippen MR) is 155 cm³/mol. The van der Waals surface area contributed by atoms with Gasteiger partial charge in [0, 0.05) is 26.1 Å². The molecule has 14 heteroatoms. The number of carbonyl (C=O) groups is 3. The van der Waals surface area contributed by atoms with Crippen LogP contribution in [0.25, 0.3) is 0 Å². The molecule has 0 radical (unpaired) electrons. The molecule has 0 saturated carbocycles. The molecule has 0 aliphatic rings. The topological polar surface area (TPSA) is 169 Å². The van der Waals surface area contributed by atoms with E-state index < -0.39 is 12.1 Å². The van der Waals surface area contributed by atoms with Crippen molar-refractivity contribution in [2.75, 3.05) is 106 Å². The zero-order valence-corrected chi connectivity index (χ0v) is 25.0. The summed E-state index contributed by atoms with van der Waals surface area (Å²) in [5, 5.41) is 13.8. The van der Waals surface area contributed by atoms with Gasteiger partial charge in [-0.05, 0) is 12.0 Å². The van der Waals surface area contributed by atoms with Crippen LogP contribution in [0.15, 0.2) is 30.3 Å². The Kier molecular flexibility index (Phi) is 26.0. The molecule has 0 aliphatic carbocycles. The van der Waals surface area contributed by atoms with Crippen molar-refractivity contribution in [3.63, 3.8) is 0 Å². The Morgan fingerprint density at radius 3 is 1.51 bits per heavy atom. The lowest BCUT2D eigenvalue weighted by Crippen LogP contribution is -2.28. The fourth-order valence-corrected chi connectivity index (χ4v) is 3.13. The van der Waals surface area contributed by atoms with Gasteiger partial charge in [-0.2, -0.15) is 0 Å². The number of benzene rings is 1. The van der Waals surface area contributed by atoms with Crippen molar-refractivity contribution in [2.24, 2.45) is 0 Å². The number of carboxylic acid groups (broad SMARTS) is 1. The van der Waals surface area contributed by atoms with Crippen LogP contribution in [-0.4, -0.2) is 129 Å². The monoisotopic (exact) mass is 616 g/mol. The van der Waals surface area contributed by atoms with Crippen LogP contribution in [0, 0.1) is 0 Å². The summed E-state index contributed by atoms with van der Waals surface area (Å²) in [6.45, 7) is 7.33. The first-order valence-corrected chi connectivity index (χ1v) is 14.5. The van der Waals surface area contributed by atoms with Gasteiger partial charge in [-0.15, -0.1) is 0 Å². The SMILES string of the molecule is O=C(O)CCC(=O)NCCCOCCOCCOCCOCCOCCOCCOCCNC(=O)OCc1ccccc1. The molecular weight excluding hydrogens is 568 g/mol. The summed E-state index contributed by atoms with van der Waals surface area (Å²) < 4.78 is 43.1. The second-order valence-corrected chi connectivity index (χ2v) is 8.87. The van der Waals surface area contributed by atoms with Gasteiger partial charge in [0.2, 0.25) is 5.91 Å². The van der Waals surface area contributed by atoms with Crippen LogP contribution >= 0.6 is 0 Å². The lowest BCUT2D eigenvalue weighted by Gasteiger charge is -2.09. The molecule has 0 aromatic heterocycles. The Bertz CT molecular complexity index is 816. The highest BCUT2D eigenvalue weighted by Gasteiger charge is 2.04. The smallest absolute Gasteiger partial charge is 0.407 e. The highest BCUT2D eigenvalue weighted by Crippen LogP contribution is 2.00. The number of hydrogen-bond donors (Lipinski definition) is 3. The average Bonchev–Trinajstić information content (AvgIpc) is 3.01. The summed E-state index contributed by atoms with van der Waals surface area (Å²) in [7, 11) is 0. The van der Waals surface area contributed by atoms with Crippen LogP contribution < -0.4 is 10.6 Å². The first kappa shape index (κ1) is 38.2. The van der Waals surface area contributed by atoms with Crippen molar-refractivity contribution in [3.8, 4) is 0 Å². The van der Waals surface area contributed by atoms with Gasteiger partial charge < -0.3 is 53.6 Å². The van der Waals surface area contributed by atoms with Crippen LogP contribution in [0.2, 0.25) is 0 Å². The summed E-state index contributed by atoms with van der Waals surface area (Å²) in [5.74, 6) is -1.26. The maximum atomic E-state index is 11.6. The molecular formula is C29H48N2O12. The molecule has 246 valence electrons. The Balaban J connectivity index is 1.67. The van der Waals surface area contributed by atoms with Crippen molar-refractivity contribution in [1.29, 1.82) is 0 Å². The van der Waals surface area contributed by atoms with Gasteiger partial charge in [-0.3, -0.25) is 9.59 Å². The predicted octanol–water partition coefficient (Wildman–Crippen LogP) is 1.40. The third-order valence-electron chi connectivity index (χ3n) is 5.31. The van der Waals surface area contributed by atoms with Crippen LogP contribution in [0.1, 0.15) is 24.8 Å². The van der Waals surface area contributed by atoms with E-state index in [1.807, 2.05) is 30.3 Å². The molecule has 0 spiro atoms. The lowest BCUT2D eigenvalue weighted by molar-refractivity contribution is -0.138. The zero-order chi connectivity index (χ0) is 31.1. The number of aliphatic carboxylic acids is 1. The number of alkyl carbamates (subject to hydrolysis) is 1. The van der Waals surface area contributed by atoms with Crippen molar-refractivity contribution < 1.29 is 57.4 Å². The van der Waals surface area contributed by atoms with E-state index in [1.54, 1.807) is 0 Å². The molecule has 14 nitrogen and oxygen atoms in total. The molecule has 0 saturated heterocycles. The third kappa shape index (κ3) is 27.7. The maximum absolute atomic E-state index is 11.6. The molecule has 1 rings (SSSR count). The molecule has 0 heterocycles. The molecule has 2 amide bonds. The van der Waals surface area contributed by atoms with Gasteiger partial charge in [0.05, 0.1) is 92.3 Å². The molecule has 43 heavy (non-hydrogen) atoms. The number of ether oxygens (including phenoxy) is 8. The summed E-state index contributed by atoms with van der Waals surface area (Å²) in [6.07, 6.45) is -0.00925. The van der Waals surface area contributed by atoms with Gasteiger partial charge in [0.15, 0.2) is 0 Å². The Hall–Kier alpha value is -2.85. The highest BCUT2D eigenvalue weighted by atomic mass is 16.6. The van der Waals surface area contributed by atoms with Crippen molar-refractivity contribution in [1.82, 2.24) is 10.6 Å². The Morgan fingerprint density at radius 1 is 0.558 bits per heavy atom. The molecule has 0 aliphatic heterocycles. The quantitative estimate of drug-likeness (QED) is 0.106. The molecule has 1 aromatic rings. The number of carboxylic acids is 1. The van der Waals surface area contributed by atoms with Crippen LogP contribution in [0.5, 0.6) is 0 Å². The van der Waals surface area contributed by atoms with E-state index in [1.165, 1.54) is 0 Å². The van der Waals surface area contributed by atoms with Crippen LogP contribution in [0.3, 0.4) is 0 Å². The Labute approximate surface area is 253 Å². The highest BCUT2D eigenvalue weighted by molar-refractivity contribution is 5.80. The first-order chi connectivity index (χ1) is 21.1. The second-order valence-electron chi connectivity index (χ2n) is 8.87. The maximum Gasteiger partial charge on any atom is 0.407 e. The van der Waals surface area contributed by atoms with E-state index in [-0.39, 0.29) is 25.4 Å². The first-order valence-electron chi connectivity index (χ1n) is 14.5. The lowest BCUT2D eigenvalue weighted by atomic mass is 10.2. The molecule has 3 N–H and O–H groups in total. The minimum atomic E-state index is -0.985. The van der Waals surface area contributed by atoms with E-state index >= 15 is 0 Å². The molecule has 0 unspecified atom stereocenters. The normalized spacial score (nSPS) is 10.9. The fourth-order valence-electron chi connectivity index (χ4n) is 3.13. The largest absolute Gasteiger partial charge is 0.481 e. The van der Waals surface area contributed by atoms with Crippen LogP contribution in [0.4, 0.5) is 4.79 Å². The summed E-state index contributed by atoms with van der Waals surface area (Å²) in [5.41, 5.74) is 0.931. The van der Waals surface area contributed by atoms with Gasteiger partial charge >= 0.3 is 12.1 Å². The van der Waals surface area contributed by atoms with Gasteiger partial charge in [-0.1, -0.05) is 30.3 Å². The summed E-state index contributed by atoms with van der Waals surface area (Å²) >= 11 is 0. The number of hydrogen-bond acceptors (Lipinski definition) is 11. The Morgan fingerprint density at radius 2 is 1.02 bits per heavy atom. The van der Waals surface area contributed by atoms with E-state index in [0.717, 1.165) is 5.56 Å². The van der Waals surface area contributed by atoms with Crippen molar-refractivity contribution >= 4 is 18.0 Å². The van der Waals surface area contributed by atoms with Crippen LogP contribution in [-0.2, 0) is 54.1 Å². The number of amides is 2. The minimum absolute atomic E-state index is 0.0129. The third-order valence-corrected chi connectivity index (χ3v) is 5.31. The number of nitrogens with one attached hydrogen (secondary N) is 2. The zero-order valence-electron chi connectivity index (χ0n) is 25.0. The van der Waals surface area contributed by atoms with Gasteiger partial charge in [-0.25, -0.2) is 4.79 Å². The molecule has 0 bridgehead atoms. The van der Waals surface area contributed by atoms with Gasteiger partial charge in [0.1, 0.15) is 6.61 Å². The average molecular weight is 617 g/mol. The van der Waals surface area contributed by atoms with Gasteiger partial charge in [0.25, 0.3) is 0 Å².